The Morgan fingerprint density at radius 3 is 2.22 bits per heavy atom. The highest BCUT2D eigenvalue weighted by Gasteiger charge is 2.34. The molecule has 2 aromatic rings. The zero-order chi connectivity index (χ0) is 41.7. The molecule has 58 heavy (non-hydrogen) atoms. The van der Waals surface area contributed by atoms with E-state index in [-0.39, 0.29) is 49.8 Å². The highest BCUT2D eigenvalue weighted by atomic mass is 79.9. The molecule has 0 radical (unpaired) electrons. The summed E-state index contributed by atoms with van der Waals surface area (Å²) in [7, 11) is 2.17. The predicted molar refractivity (Wildman–Crippen MR) is 237 cm³/mol. The molecule has 0 fully saturated rings. The summed E-state index contributed by atoms with van der Waals surface area (Å²) >= 11 is 3.78. The van der Waals surface area contributed by atoms with Gasteiger partial charge in [0, 0.05) is 43.7 Å². The van der Waals surface area contributed by atoms with Crippen LogP contribution in [0.25, 0.3) is 16.5 Å². The fourth-order valence-corrected chi connectivity index (χ4v) is 8.95. The maximum absolute atomic E-state index is 13.5. The number of likely N-dealkylation sites (N-methyl/N-ethyl adjacent to an activating group) is 1. The van der Waals surface area contributed by atoms with Crippen LogP contribution in [0.15, 0.2) is 41.0 Å². The molecule has 3 atom stereocenters. The van der Waals surface area contributed by atoms with Crippen LogP contribution in [0.2, 0.25) is 0 Å². The molecule has 2 aliphatic rings. The van der Waals surface area contributed by atoms with Crippen molar-refractivity contribution in [2.75, 3.05) is 26.8 Å². The summed E-state index contributed by atoms with van der Waals surface area (Å²) in [5.41, 5.74) is 4.71. The molecule has 3 unspecified atom stereocenters. The number of fused-ring (bicyclic) bond motifs is 2. The molecular formula is C48H71BrN2O7. The third-order valence-electron chi connectivity index (χ3n) is 11.6. The Hall–Kier alpha value is -3.24. The number of allylic oxidation sites excluding steroid dienone is 2. The summed E-state index contributed by atoms with van der Waals surface area (Å²) in [6.45, 7) is 7.25. The van der Waals surface area contributed by atoms with Crippen LogP contribution in [-0.2, 0) is 35.0 Å². The second kappa shape index (κ2) is 26.1. The van der Waals surface area contributed by atoms with Gasteiger partial charge in [0.2, 0.25) is 5.91 Å². The zero-order valence-corrected chi connectivity index (χ0v) is 37.6. The van der Waals surface area contributed by atoms with Gasteiger partial charge < -0.3 is 14.2 Å². The lowest BCUT2D eigenvalue weighted by Gasteiger charge is -2.37. The molecule has 9 nitrogen and oxygen atoms in total. The second-order valence-corrected chi connectivity index (χ2v) is 17.3. The first kappa shape index (κ1) is 47.4. The average molecular weight is 868 g/mol. The Labute approximate surface area is 356 Å². The van der Waals surface area contributed by atoms with E-state index in [9.17, 15) is 19.2 Å². The average Bonchev–Trinajstić information content (AvgIpc) is 3.49. The first-order chi connectivity index (χ1) is 28.1. The lowest BCUT2D eigenvalue weighted by molar-refractivity contribution is -0.160. The molecule has 0 amide bonds. The summed E-state index contributed by atoms with van der Waals surface area (Å²) < 4.78 is 19.1. The SMILES string of the molecule is CCCCCCCC/C=C\CCCCCCCC(=O)OCC(CC)OC(=O)CC(C)CC(=O)OCCCCC(=O)n1c(Br)c2c3c(cccc31)C1=CCCN(C)C1C2. The second-order valence-electron chi connectivity index (χ2n) is 16.6. The fourth-order valence-electron chi connectivity index (χ4n) is 8.20. The summed E-state index contributed by atoms with van der Waals surface area (Å²) in [5.74, 6) is -1.30. The van der Waals surface area contributed by atoms with Gasteiger partial charge in [0.05, 0.1) is 16.7 Å². The molecule has 1 aromatic carbocycles. The first-order valence-electron chi connectivity index (χ1n) is 22.6. The normalized spacial score (nSPS) is 16.2. The minimum absolute atomic E-state index is 0.0181. The van der Waals surface area contributed by atoms with Crippen molar-refractivity contribution >= 4 is 56.2 Å². The minimum atomic E-state index is -0.512. The fraction of sp³-hybridized carbons (Fsp3) is 0.667. The van der Waals surface area contributed by atoms with E-state index >= 15 is 0 Å². The number of rotatable bonds is 28. The molecule has 0 N–H and O–H groups in total. The maximum atomic E-state index is 13.5. The Balaban J connectivity index is 1.03. The third kappa shape index (κ3) is 15.1. The Bertz CT molecular complexity index is 1680. The first-order valence-corrected chi connectivity index (χ1v) is 23.3. The number of ether oxygens (including phenoxy) is 3. The number of hydrogen-bond acceptors (Lipinski definition) is 8. The summed E-state index contributed by atoms with van der Waals surface area (Å²) in [6.07, 6.45) is 26.6. The molecule has 2 heterocycles. The van der Waals surface area contributed by atoms with E-state index in [4.69, 9.17) is 14.2 Å². The van der Waals surface area contributed by atoms with E-state index < -0.39 is 12.1 Å². The smallest absolute Gasteiger partial charge is 0.306 e. The molecule has 1 aliphatic heterocycles. The standard InChI is InChI=1S/C48H71BrN2O7/c1-5-7-8-9-10-11-12-13-14-15-16-17-18-19-20-29-44(53)57-35-37(6-2)58-46(55)33-36(3)32-45(54)56-31-22-21-28-43(52)51-41-27-23-25-39-38-26-24-30-50(4)42(38)34-40(47(39)41)48(51)49/h13-14,23,25-27,36-37,42H,5-12,15-22,24,28-35H2,1-4H3/b14-13-. The number of carbonyl (C=O) groups excluding carboxylic acids is 4. The number of esters is 3. The van der Waals surface area contributed by atoms with Crippen molar-refractivity contribution in [2.45, 2.75) is 174 Å². The Morgan fingerprint density at radius 1 is 0.828 bits per heavy atom. The van der Waals surface area contributed by atoms with Crippen LogP contribution in [0.1, 0.15) is 172 Å². The number of benzene rings is 1. The molecular weight excluding hydrogens is 796 g/mol. The molecule has 10 heteroatoms. The van der Waals surface area contributed by atoms with Gasteiger partial charge in [-0.15, -0.1) is 0 Å². The van der Waals surface area contributed by atoms with E-state index in [1.54, 1.807) is 0 Å². The van der Waals surface area contributed by atoms with Crippen molar-refractivity contribution in [1.29, 1.82) is 0 Å². The number of hydrogen-bond donors (Lipinski definition) is 0. The molecule has 0 spiro atoms. The van der Waals surface area contributed by atoms with Gasteiger partial charge in [0.1, 0.15) is 12.7 Å². The Kier molecular flexibility index (Phi) is 21.3. The quantitative estimate of drug-likeness (QED) is 0.0360. The molecule has 0 bridgehead atoms. The zero-order valence-electron chi connectivity index (χ0n) is 36.0. The number of unbranched alkanes of at least 4 members (excludes halogenated alkanes) is 12. The van der Waals surface area contributed by atoms with Crippen LogP contribution in [0.3, 0.4) is 0 Å². The van der Waals surface area contributed by atoms with Crippen LogP contribution in [0, 0.1) is 5.92 Å². The van der Waals surface area contributed by atoms with Crippen LogP contribution in [0.5, 0.6) is 0 Å². The van der Waals surface area contributed by atoms with E-state index in [2.05, 4.69) is 59.1 Å². The monoisotopic (exact) mass is 866 g/mol. The van der Waals surface area contributed by atoms with Crippen molar-refractivity contribution in [2.24, 2.45) is 5.92 Å². The van der Waals surface area contributed by atoms with Gasteiger partial charge in [0.15, 0.2) is 0 Å². The number of carbonyl (C=O) groups is 4. The number of aromatic nitrogens is 1. The summed E-state index contributed by atoms with van der Waals surface area (Å²) in [5, 5.41) is 1.17. The van der Waals surface area contributed by atoms with Crippen molar-refractivity contribution in [3.05, 3.63) is 52.2 Å². The number of nitrogens with zero attached hydrogens (tertiary/aromatic N) is 2. The van der Waals surface area contributed by atoms with Gasteiger partial charge >= 0.3 is 17.9 Å². The highest BCUT2D eigenvalue weighted by molar-refractivity contribution is 9.10. The van der Waals surface area contributed by atoms with Crippen LogP contribution >= 0.6 is 15.9 Å². The van der Waals surface area contributed by atoms with Gasteiger partial charge in [-0.1, -0.05) is 102 Å². The third-order valence-corrected chi connectivity index (χ3v) is 12.5. The molecule has 0 saturated heterocycles. The van der Waals surface area contributed by atoms with Crippen LogP contribution in [-0.4, -0.2) is 72.2 Å². The van der Waals surface area contributed by atoms with E-state index in [0.717, 1.165) is 55.2 Å². The largest absolute Gasteiger partial charge is 0.466 e. The molecule has 1 aromatic heterocycles. The van der Waals surface area contributed by atoms with E-state index in [1.807, 2.05) is 30.5 Å². The Morgan fingerprint density at radius 2 is 1.50 bits per heavy atom. The molecule has 4 rings (SSSR count). The topological polar surface area (TPSA) is 104 Å². The van der Waals surface area contributed by atoms with Gasteiger partial charge in [-0.3, -0.25) is 28.6 Å². The molecule has 0 saturated carbocycles. The van der Waals surface area contributed by atoms with E-state index in [0.29, 0.717) is 38.1 Å². The van der Waals surface area contributed by atoms with Crippen molar-refractivity contribution in [1.82, 2.24) is 9.47 Å². The predicted octanol–water partition coefficient (Wildman–Crippen LogP) is 11.7. The summed E-state index contributed by atoms with van der Waals surface area (Å²) in [4.78, 5) is 53.4. The van der Waals surface area contributed by atoms with Gasteiger partial charge in [-0.25, -0.2) is 0 Å². The van der Waals surface area contributed by atoms with Crippen molar-refractivity contribution in [3.63, 3.8) is 0 Å². The van der Waals surface area contributed by atoms with Crippen molar-refractivity contribution in [3.8, 4) is 0 Å². The lowest BCUT2D eigenvalue weighted by Crippen LogP contribution is -2.39. The summed E-state index contributed by atoms with van der Waals surface area (Å²) in [6, 6.07) is 6.55. The minimum Gasteiger partial charge on any atom is -0.466 e. The van der Waals surface area contributed by atoms with Gasteiger partial charge in [0.25, 0.3) is 0 Å². The van der Waals surface area contributed by atoms with Gasteiger partial charge in [-0.2, -0.15) is 0 Å². The van der Waals surface area contributed by atoms with Gasteiger partial charge in [-0.05, 0) is 116 Å². The highest BCUT2D eigenvalue weighted by Crippen LogP contribution is 2.44. The van der Waals surface area contributed by atoms with Crippen LogP contribution < -0.4 is 0 Å². The van der Waals surface area contributed by atoms with Crippen molar-refractivity contribution < 1.29 is 33.4 Å². The molecule has 1 aliphatic carbocycles. The van der Waals surface area contributed by atoms with E-state index in [1.165, 1.54) is 79.9 Å². The maximum Gasteiger partial charge on any atom is 0.306 e. The van der Waals surface area contributed by atoms with Crippen LogP contribution in [0.4, 0.5) is 0 Å². The molecule has 322 valence electrons. The lowest BCUT2D eigenvalue weighted by atomic mass is 9.82. The number of halogens is 1.